The van der Waals surface area contributed by atoms with Gasteiger partial charge in [0.25, 0.3) is 5.91 Å². The molecule has 5 nitrogen and oxygen atoms in total. The molecule has 1 amide bonds. The van der Waals surface area contributed by atoms with Crippen LogP contribution in [0.2, 0.25) is 0 Å². The third-order valence-electron chi connectivity index (χ3n) is 4.20. The van der Waals surface area contributed by atoms with E-state index in [0.29, 0.717) is 21.5 Å². The summed E-state index contributed by atoms with van der Waals surface area (Å²) >= 11 is 4.33. The van der Waals surface area contributed by atoms with E-state index in [1.165, 1.54) is 6.07 Å². The third-order valence-corrected chi connectivity index (χ3v) is 5.86. The number of rotatable bonds is 3. The highest BCUT2D eigenvalue weighted by molar-refractivity contribution is 9.10. The third kappa shape index (κ3) is 3.49. The molecule has 0 atom stereocenters. The summed E-state index contributed by atoms with van der Waals surface area (Å²) in [5.74, 6) is -0.368. The van der Waals surface area contributed by atoms with Gasteiger partial charge in [-0.05, 0) is 52.7 Å². The van der Waals surface area contributed by atoms with Gasteiger partial charge in [0.2, 0.25) is 0 Å². The van der Waals surface area contributed by atoms with Gasteiger partial charge in [-0.3, -0.25) is 4.79 Å². The Balaban J connectivity index is 1.56. The van der Waals surface area contributed by atoms with Crippen molar-refractivity contribution in [3.05, 3.63) is 63.0 Å². The number of nitrogens with zero attached hydrogens (tertiary/aromatic N) is 3. The number of alkyl halides is 3. The van der Waals surface area contributed by atoms with E-state index in [-0.39, 0.29) is 17.3 Å². The summed E-state index contributed by atoms with van der Waals surface area (Å²) in [5, 5.41) is 3.31. The van der Waals surface area contributed by atoms with Crippen LogP contribution in [0.5, 0.6) is 0 Å². The second-order valence-electron chi connectivity index (χ2n) is 6.13. The van der Waals surface area contributed by atoms with Crippen LogP contribution >= 0.6 is 27.3 Å². The molecule has 0 aromatic carbocycles. The number of aryl methyl sites for hydroxylation is 1. The van der Waals surface area contributed by atoms with Crippen molar-refractivity contribution in [1.82, 2.24) is 19.7 Å². The van der Waals surface area contributed by atoms with Crippen molar-refractivity contribution in [2.45, 2.75) is 19.6 Å². The fourth-order valence-corrected chi connectivity index (χ4v) is 4.28. The van der Waals surface area contributed by atoms with Crippen molar-refractivity contribution in [2.75, 3.05) is 0 Å². The van der Waals surface area contributed by atoms with Gasteiger partial charge in [0.15, 0.2) is 0 Å². The molecule has 10 heteroatoms. The summed E-state index contributed by atoms with van der Waals surface area (Å²) in [6.07, 6.45) is -0.865. The highest BCUT2D eigenvalue weighted by atomic mass is 79.9. The van der Waals surface area contributed by atoms with Gasteiger partial charge in [-0.1, -0.05) is 0 Å². The molecule has 0 aliphatic carbocycles. The zero-order chi connectivity index (χ0) is 20.1. The molecular weight excluding hydrogens is 457 g/mol. The second kappa shape index (κ2) is 6.85. The van der Waals surface area contributed by atoms with E-state index < -0.39 is 11.9 Å². The number of amides is 1. The average Bonchev–Trinajstić information content (AvgIpc) is 3.19. The van der Waals surface area contributed by atoms with Crippen molar-refractivity contribution in [3.8, 4) is 0 Å². The highest BCUT2D eigenvalue weighted by Crippen LogP contribution is 2.34. The number of carbonyl (C=O) groups is 1. The number of halogens is 4. The Labute approximate surface area is 169 Å². The summed E-state index contributed by atoms with van der Waals surface area (Å²) in [7, 11) is 0. The molecule has 28 heavy (non-hydrogen) atoms. The van der Waals surface area contributed by atoms with E-state index in [4.69, 9.17) is 0 Å². The number of pyridine rings is 2. The minimum Gasteiger partial charge on any atom is -0.346 e. The molecule has 0 fully saturated rings. The summed E-state index contributed by atoms with van der Waals surface area (Å²) in [4.78, 5) is 21.2. The Morgan fingerprint density at radius 2 is 2.00 bits per heavy atom. The van der Waals surface area contributed by atoms with Crippen LogP contribution in [0, 0.1) is 6.92 Å². The molecule has 144 valence electrons. The van der Waals surface area contributed by atoms with E-state index in [1.54, 1.807) is 13.1 Å². The number of thiophene rings is 1. The first-order valence-corrected chi connectivity index (χ1v) is 9.72. The van der Waals surface area contributed by atoms with Crippen LogP contribution in [0.3, 0.4) is 0 Å². The first-order chi connectivity index (χ1) is 13.2. The minimum absolute atomic E-state index is 0.190. The quantitative estimate of drug-likeness (QED) is 0.462. The minimum atomic E-state index is -4.52. The van der Waals surface area contributed by atoms with Gasteiger partial charge >= 0.3 is 6.18 Å². The summed E-state index contributed by atoms with van der Waals surface area (Å²) < 4.78 is 41.3. The highest BCUT2D eigenvalue weighted by Gasteiger charge is 2.33. The van der Waals surface area contributed by atoms with E-state index in [0.717, 1.165) is 27.5 Å². The van der Waals surface area contributed by atoms with Crippen molar-refractivity contribution in [1.29, 1.82) is 0 Å². The van der Waals surface area contributed by atoms with Crippen LogP contribution in [-0.2, 0) is 12.7 Å². The van der Waals surface area contributed by atoms with E-state index in [2.05, 4.69) is 31.2 Å². The van der Waals surface area contributed by atoms with Gasteiger partial charge < -0.3 is 9.72 Å². The van der Waals surface area contributed by atoms with E-state index in [9.17, 15) is 18.0 Å². The standard InChI is InChI=1S/C18H12BrF3N4OS/c1-9-12-3-4-13(18(20,21)22)25-17(12)28-15(9)16(27)23-6-11-8-26-7-10(19)2-5-14(26)24-11/h2-5,7-8H,6H2,1H3,(H,23,27). The number of fused-ring (bicyclic) bond motifs is 2. The predicted octanol–water partition coefficient (Wildman–Crippen LogP) is 4.96. The molecule has 4 aromatic rings. The lowest BCUT2D eigenvalue weighted by Crippen LogP contribution is -2.22. The van der Waals surface area contributed by atoms with Crippen LogP contribution in [0.25, 0.3) is 15.9 Å². The topological polar surface area (TPSA) is 59.3 Å². The van der Waals surface area contributed by atoms with Gasteiger partial charge in [-0.2, -0.15) is 13.2 Å². The molecule has 4 aromatic heterocycles. The summed E-state index contributed by atoms with van der Waals surface area (Å²) in [5.41, 5.74) is 1.05. The fraction of sp³-hybridized carbons (Fsp3) is 0.167. The first-order valence-electron chi connectivity index (χ1n) is 8.11. The first kappa shape index (κ1) is 18.9. The maximum atomic E-state index is 12.9. The summed E-state index contributed by atoms with van der Waals surface area (Å²) in [6, 6.07) is 6.00. The molecule has 0 radical (unpaired) electrons. The van der Waals surface area contributed by atoms with Gasteiger partial charge in [-0.15, -0.1) is 11.3 Å². The van der Waals surface area contributed by atoms with Crippen molar-refractivity contribution in [2.24, 2.45) is 0 Å². The lowest BCUT2D eigenvalue weighted by atomic mass is 10.2. The molecule has 1 N–H and O–H groups in total. The lowest BCUT2D eigenvalue weighted by molar-refractivity contribution is -0.140. The molecule has 4 rings (SSSR count). The molecule has 0 aliphatic rings. The van der Waals surface area contributed by atoms with E-state index >= 15 is 0 Å². The molecule has 0 bridgehead atoms. The Morgan fingerprint density at radius 3 is 2.75 bits per heavy atom. The SMILES string of the molecule is Cc1c(C(=O)NCc2cn3cc(Br)ccc3n2)sc2nc(C(F)(F)F)ccc12. The Kier molecular flexibility index (Phi) is 4.62. The van der Waals surface area contributed by atoms with Crippen molar-refractivity contribution >= 4 is 49.0 Å². The van der Waals surface area contributed by atoms with Crippen LogP contribution < -0.4 is 5.32 Å². The molecule has 0 aliphatic heterocycles. The normalized spacial score (nSPS) is 12.0. The largest absolute Gasteiger partial charge is 0.433 e. The predicted molar refractivity (Wildman–Crippen MR) is 103 cm³/mol. The lowest BCUT2D eigenvalue weighted by Gasteiger charge is -2.04. The van der Waals surface area contributed by atoms with E-state index in [1.807, 2.05) is 22.7 Å². The fourth-order valence-electron chi connectivity index (χ4n) is 2.83. The number of carbonyl (C=O) groups excluding carboxylic acids is 1. The molecule has 4 heterocycles. The van der Waals surface area contributed by atoms with Gasteiger partial charge in [-0.25, -0.2) is 9.97 Å². The Morgan fingerprint density at radius 1 is 1.21 bits per heavy atom. The van der Waals surface area contributed by atoms with Crippen LogP contribution in [0.15, 0.2) is 41.1 Å². The molecule has 0 saturated heterocycles. The number of imidazole rings is 1. The monoisotopic (exact) mass is 468 g/mol. The van der Waals surface area contributed by atoms with Crippen LogP contribution in [0.4, 0.5) is 13.2 Å². The Hall–Kier alpha value is -2.46. The average molecular weight is 469 g/mol. The van der Waals surface area contributed by atoms with Crippen LogP contribution in [-0.4, -0.2) is 20.3 Å². The molecule has 0 unspecified atom stereocenters. The van der Waals surface area contributed by atoms with Gasteiger partial charge in [0.1, 0.15) is 16.2 Å². The van der Waals surface area contributed by atoms with Gasteiger partial charge in [0.05, 0.1) is 17.1 Å². The number of hydrogen-bond acceptors (Lipinski definition) is 4. The molecule has 0 spiro atoms. The molecule has 0 saturated carbocycles. The zero-order valence-electron chi connectivity index (χ0n) is 14.3. The maximum Gasteiger partial charge on any atom is 0.433 e. The Bertz CT molecular complexity index is 1210. The number of aromatic nitrogens is 3. The van der Waals surface area contributed by atoms with Crippen LogP contribution in [0.1, 0.15) is 26.6 Å². The maximum absolute atomic E-state index is 12.9. The summed E-state index contributed by atoms with van der Waals surface area (Å²) in [6.45, 7) is 1.90. The zero-order valence-corrected chi connectivity index (χ0v) is 16.7. The van der Waals surface area contributed by atoms with Crippen molar-refractivity contribution in [3.63, 3.8) is 0 Å². The number of hydrogen-bond donors (Lipinski definition) is 1. The number of nitrogens with one attached hydrogen (secondary N) is 1. The smallest absolute Gasteiger partial charge is 0.346 e. The van der Waals surface area contributed by atoms with Gasteiger partial charge in [0, 0.05) is 22.3 Å². The van der Waals surface area contributed by atoms with Crippen molar-refractivity contribution < 1.29 is 18.0 Å². The second-order valence-corrected chi connectivity index (χ2v) is 8.05. The molecular formula is C18H12BrF3N4OS.